The molecular formula is C24H51NO4P+. The number of carbonyl (C=O) groups is 1. The second-order valence-electron chi connectivity index (χ2n) is 8.35. The Bertz CT molecular complexity index is 470. The minimum Gasteiger partial charge on any atom is -0.308 e. The molecule has 0 heterocycles. The molecule has 0 spiro atoms. The summed E-state index contributed by atoms with van der Waals surface area (Å²) < 4.78 is 25.4. The molecule has 180 valence electrons. The summed E-state index contributed by atoms with van der Waals surface area (Å²) in [5, 5.41) is 0. The van der Waals surface area contributed by atoms with Gasteiger partial charge in [0, 0.05) is 0 Å². The van der Waals surface area contributed by atoms with E-state index in [-0.39, 0.29) is 5.91 Å². The van der Waals surface area contributed by atoms with Crippen LogP contribution in [0.2, 0.25) is 0 Å². The Morgan fingerprint density at radius 2 is 1.20 bits per heavy atom. The van der Waals surface area contributed by atoms with Gasteiger partial charge in [-0.05, 0) is 47.0 Å². The van der Waals surface area contributed by atoms with E-state index < -0.39 is 13.3 Å². The molecule has 1 atom stereocenters. The summed E-state index contributed by atoms with van der Waals surface area (Å²) in [6.07, 6.45) is 12.0. The quantitative estimate of drug-likeness (QED) is 0.111. The van der Waals surface area contributed by atoms with Crippen molar-refractivity contribution in [3.8, 4) is 0 Å². The lowest BCUT2D eigenvalue weighted by atomic mass is 10.1. The van der Waals surface area contributed by atoms with Gasteiger partial charge >= 0.3 is 13.5 Å². The average Bonchev–Trinajstić information content (AvgIpc) is 2.73. The Kier molecular flexibility index (Phi) is 17.2. The summed E-state index contributed by atoms with van der Waals surface area (Å²) in [5.41, 5.74) is -0.658. The van der Waals surface area contributed by atoms with Crippen LogP contribution in [0.25, 0.3) is 0 Å². The maximum atomic E-state index is 13.9. The summed E-state index contributed by atoms with van der Waals surface area (Å²) in [4.78, 5) is 13.9. The molecule has 5 nitrogen and oxygen atoms in total. The van der Waals surface area contributed by atoms with Gasteiger partial charge in [0.1, 0.15) is 0 Å². The fourth-order valence-electron chi connectivity index (χ4n) is 4.23. The monoisotopic (exact) mass is 448 g/mol. The van der Waals surface area contributed by atoms with Crippen molar-refractivity contribution >= 4 is 13.5 Å². The van der Waals surface area contributed by atoms with Gasteiger partial charge in [-0.2, -0.15) is 0 Å². The van der Waals surface area contributed by atoms with Crippen molar-refractivity contribution in [1.29, 1.82) is 0 Å². The summed E-state index contributed by atoms with van der Waals surface area (Å²) >= 11 is 0. The summed E-state index contributed by atoms with van der Waals surface area (Å²) in [6.45, 7) is 15.1. The third kappa shape index (κ3) is 9.94. The molecule has 0 aliphatic rings. The molecule has 0 fully saturated rings. The minimum atomic E-state index is -3.48. The second kappa shape index (κ2) is 17.3. The van der Waals surface area contributed by atoms with E-state index in [1.165, 1.54) is 38.5 Å². The minimum absolute atomic E-state index is 0.0651. The van der Waals surface area contributed by atoms with Crippen LogP contribution in [-0.2, 0) is 18.4 Å². The molecule has 0 N–H and O–H groups in total. The Hall–Kier alpha value is -0.220. The van der Waals surface area contributed by atoms with Crippen molar-refractivity contribution in [3.63, 3.8) is 0 Å². The number of hydrogen-bond donors (Lipinski definition) is 0. The molecule has 0 rings (SSSR count). The summed E-state index contributed by atoms with van der Waals surface area (Å²) in [5.74, 6) is 0.0651. The number of quaternary nitrogens is 1. The Balaban J connectivity index is 5.53. The Labute approximate surface area is 187 Å². The van der Waals surface area contributed by atoms with Crippen molar-refractivity contribution in [2.24, 2.45) is 0 Å². The van der Waals surface area contributed by atoms with Gasteiger partial charge in [0.05, 0.1) is 32.8 Å². The summed E-state index contributed by atoms with van der Waals surface area (Å²) in [6, 6.07) is 0. The van der Waals surface area contributed by atoms with E-state index in [1.807, 2.05) is 13.8 Å². The van der Waals surface area contributed by atoms with E-state index in [0.717, 1.165) is 45.3 Å². The molecule has 0 aromatic rings. The van der Waals surface area contributed by atoms with Gasteiger partial charge in [-0.25, -0.2) is 4.79 Å². The first-order valence-electron chi connectivity index (χ1n) is 12.7. The summed E-state index contributed by atoms with van der Waals surface area (Å²) in [7, 11) is -3.48. The van der Waals surface area contributed by atoms with Crippen LogP contribution >= 0.6 is 7.60 Å². The fraction of sp³-hybridized carbons (Fsp3) is 0.958. The third-order valence-electron chi connectivity index (χ3n) is 6.23. The zero-order chi connectivity index (χ0) is 22.9. The van der Waals surface area contributed by atoms with Crippen LogP contribution in [0.3, 0.4) is 0 Å². The molecule has 30 heavy (non-hydrogen) atoms. The average molecular weight is 449 g/mol. The lowest BCUT2D eigenvalue weighted by molar-refractivity contribution is -0.851. The third-order valence-corrected chi connectivity index (χ3v) is 8.71. The number of nitrogens with zero attached hydrogens (tertiary/aromatic N) is 1. The molecule has 0 saturated heterocycles. The van der Waals surface area contributed by atoms with Crippen molar-refractivity contribution in [2.45, 2.75) is 118 Å². The molecule has 6 heteroatoms. The number of amides is 1. The van der Waals surface area contributed by atoms with Crippen LogP contribution < -0.4 is 0 Å². The van der Waals surface area contributed by atoms with Crippen LogP contribution in [0.1, 0.15) is 112 Å². The van der Waals surface area contributed by atoms with Crippen LogP contribution in [-0.4, -0.2) is 48.9 Å². The highest BCUT2D eigenvalue weighted by Crippen LogP contribution is 2.55. The molecule has 0 aliphatic heterocycles. The highest BCUT2D eigenvalue weighted by molar-refractivity contribution is 7.55. The van der Waals surface area contributed by atoms with Crippen LogP contribution in [0.15, 0.2) is 0 Å². The predicted octanol–water partition coefficient (Wildman–Crippen LogP) is 7.34. The van der Waals surface area contributed by atoms with Crippen LogP contribution in [0.4, 0.5) is 0 Å². The van der Waals surface area contributed by atoms with Crippen molar-refractivity contribution in [2.75, 3.05) is 32.8 Å². The fourth-order valence-corrected chi connectivity index (χ4v) is 6.40. The SMILES string of the molecule is CCCCCCCCC(C(=O)[N+](CC)(CC)CCCCCC)P(=O)(OCC)OCC. The van der Waals surface area contributed by atoms with E-state index in [2.05, 4.69) is 27.7 Å². The zero-order valence-corrected chi connectivity index (χ0v) is 21.8. The second-order valence-corrected chi connectivity index (χ2v) is 10.6. The lowest BCUT2D eigenvalue weighted by Gasteiger charge is -2.38. The molecule has 0 aromatic carbocycles. The molecule has 0 aromatic heterocycles. The van der Waals surface area contributed by atoms with Gasteiger partial charge in [-0.15, -0.1) is 0 Å². The van der Waals surface area contributed by atoms with Crippen LogP contribution in [0, 0.1) is 0 Å². The molecule has 0 bridgehead atoms. The number of unbranched alkanes of at least 4 members (excludes halogenated alkanes) is 8. The first kappa shape index (κ1) is 29.8. The van der Waals surface area contributed by atoms with Gasteiger partial charge in [-0.1, -0.05) is 65.2 Å². The normalized spacial score (nSPS) is 13.5. The van der Waals surface area contributed by atoms with E-state index in [4.69, 9.17) is 9.05 Å². The van der Waals surface area contributed by atoms with Crippen molar-refractivity contribution in [3.05, 3.63) is 0 Å². The molecule has 0 saturated carbocycles. The topological polar surface area (TPSA) is 52.6 Å². The van der Waals surface area contributed by atoms with Crippen molar-refractivity contribution in [1.82, 2.24) is 0 Å². The van der Waals surface area contributed by atoms with E-state index in [1.54, 1.807) is 0 Å². The van der Waals surface area contributed by atoms with Gasteiger partial charge in [-0.3, -0.25) is 9.05 Å². The molecule has 1 unspecified atom stereocenters. The van der Waals surface area contributed by atoms with E-state index in [9.17, 15) is 9.36 Å². The van der Waals surface area contributed by atoms with Crippen molar-refractivity contribution < 1.29 is 22.9 Å². The number of carbonyl (C=O) groups excluding carboxylic acids is 1. The predicted molar refractivity (Wildman–Crippen MR) is 128 cm³/mol. The Morgan fingerprint density at radius 3 is 1.67 bits per heavy atom. The molecular weight excluding hydrogens is 397 g/mol. The maximum Gasteiger partial charge on any atom is 0.347 e. The number of hydrogen-bond acceptors (Lipinski definition) is 4. The van der Waals surface area contributed by atoms with E-state index in [0.29, 0.717) is 24.1 Å². The smallest absolute Gasteiger partial charge is 0.308 e. The highest BCUT2D eigenvalue weighted by Gasteiger charge is 2.49. The zero-order valence-electron chi connectivity index (χ0n) is 20.9. The lowest BCUT2D eigenvalue weighted by Crippen LogP contribution is -2.57. The first-order chi connectivity index (χ1) is 14.4. The Morgan fingerprint density at radius 1 is 0.733 bits per heavy atom. The standard InChI is InChI=1S/C24H51NO4P/c1-7-13-15-17-18-19-21-23(30(27,28-11-5)29-12-6)24(26)25(9-3,10-4)22-20-16-14-8-2/h23H,7-22H2,1-6H3/q+1. The highest BCUT2D eigenvalue weighted by atomic mass is 31.2. The van der Waals surface area contributed by atoms with Gasteiger partial charge < -0.3 is 9.05 Å². The largest absolute Gasteiger partial charge is 0.347 e. The van der Waals surface area contributed by atoms with Crippen LogP contribution in [0.5, 0.6) is 0 Å². The maximum absolute atomic E-state index is 13.9. The van der Waals surface area contributed by atoms with E-state index >= 15 is 0 Å². The molecule has 0 radical (unpaired) electrons. The number of rotatable bonds is 20. The van der Waals surface area contributed by atoms with Gasteiger partial charge in [0.15, 0.2) is 5.66 Å². The first-order valence-corrected chi connectivity index (χ1v) is 14.3. The molecule has 0 aliphatic carbocycles. The van der Waals surface area contributed by atoms with Gasteiger partial charge in [0.2, 0.25) is 0 Å². The van der Waals surface area contributed by atoms with Gasteiger partial charge in [0.25, 0.3) is 0 Å². The molecule has 1 amide bonds.